The van der Waals surface area contributed by atoms with Crippen molar-refractivity contribution in [3.8, 4) is 0 Å². The highest BCUT2D eigenvalue weighted by atomic mass is 16.7. The summed E-state index contributed by atoms with van der Waals surface area (Å²) in [6.07, 6.45) is -2.32. The molecule has 0 spiro atoms. The summed E-state index contributed by atoms with van der Waals surface area (Å²) in [4.78, 5) is 36.1. The molecule has 10 heteroatoms. The van der Waals surface area contributed by atoms with Crippen LogP contribution in [-0.2, 0) is 33.3 Å². The summed E-state index contributed by atoms with van der Waals surface area (Å²) in [6, 6.07) is -1.18. The molecule has 1 fully saturated rings. The lowest BCUT2D eigenvalue weighted by molar-refractivity contribution is -0.163. The van der Waals surface area contributed by atoms with E-state index in [-0.39, 0.29) is 18.9 Å². The molecule has 0 aromatic rings. The lowest BCUT2D eigenvalue weighted by Crippen LogP contribution is -2.56. The molecule has 1 heterocycles. The first kappa shape index (κ1) is 24.1. The molecule has 0 bridgehead atoms. The van der Waals surface area contributed by atoms with Gasteiger partial charge in [-0.3, -0.25) is 15.0 Å². The van der Waals surface area contributed by atoms with E-state index < -0.39 is 42.1 Å². The van der Waals surface area contributed by atoms with E-state index in [1.54, 1.807) is 20.8 Å². The second kappa shape index (κ2) is 11.2. The van der Waals surface area contributed by atoms with Crippen molar-refractivity contribution in [2.45, 2.75) is 72.0 Å². The van der Waals surface area contributed by atoms with Crippen molar-refractivity contribution in [3.05, 3.63) is 0 Å². The Hall–Kier alpha value is -1.91. The third-order valence-electron chi connectivity index (χ3n) is 3.35. The molecular formula is C18H32N2O8. The van der Waals surface area contributed by atoms with E-state index in [1.807, 2.05) is 13.8 Å². The quantitative estimate of drug-likeness (QED) is 0.332. The summed E-state index contributed by atoms with van der Waals surface area (Å²) in [5.74, 6) is -1.17. The average molecular weight is 404 g/mol. The molecule has 2 N–H and O–H groups in total. The minimum absolute atomic E-state index is 0.0873. The van der Waals surface area contributed by atoms with Gasteiger partial charge in [-0.15, -0.1) is 0 Å². The van der Waals surface area contributed by atoms with Crippen LogP contribution in [0.1, 0.15) is 48.0 Å². The van der Waals surface area contributed by atoms with Gasteiger partial charge in [0.2, 0.25) is 0 Å². The zero-order valence-corrected chi connectivity index (χ0v) is 17.4. The predicted octanol–water partition coefficient (Wildman–Crippen LogP) is 1.28. The Bertz CT molecular complexity index is 526. The highest BCUT2D eigenvalue weighted by Gasteiger charge is 2.36. The van der Waals surface area contributed by atoms with Gasteiger partial charge >= 0.3 is 18.0 Å². The van der Waals surface area contributed by atoms with E-state index in [1.165, 1.54) is 6.92 Å². The molecule has 1 aliphatic rings. The van der Waals surface area contributed by atoms with Crippen molar-refractivity contribution in [1.82, 2.24) is 10.9 Å². The van der Waals surface area contributed by atoms with Crippen LogP contribution < -0.4 is 10.9 Å². The maximum absolute atomic E-state index is 12.6. The number of carbonyl (C=O) groups excluding carboxylic acids is 3. The van der Waals surface area contributed by atoms with Crippen LogP contribution in [0.5, 0.6) is 0 Å². The van der Waals surface area contributed by atoms with Crippen LogP contribution in [0.15, 0.2) is 0 Å². The zero-order valence-electron chi connectivity index (χ0n) is 17.4. The molecule has 0 radical (unpaired) electrons. The van der Waals surface area contributed by atoms with Crippen LogP contribution in [0.25, 0.3) is 0 Å². The molecule has 2 atom stereocenters. The number of esters is 2. The predicted molar refractivity (Wildman–Crippen MR) is 98.0 cm³/mol. The fraction of sp³-hybridized carbons (Fsp3) is 0.833. The monoisotopic (exact) mass is 404 g/mol. The van der Waals surface area contributed by atoms with Gasteiger partial charge in [0.05, 0.1) is 19.8 Å². The van der Waals surface area contributed by atoms with E-state index >= 15 is 0 Å². The standard InChI is InChI=1S/C18H32N2O8/c1-11(2)10-26-16(22)15(19-20-17(23)28-18(4,5)6)13(27-12(3)21)9-14-24-7-8-25-14/h11,13-15,19H,7-10H2,1-6H3,(H,20,23)/t13-,15-/m0/s1. The molecule has 162 valence electrons. The number of hydrogen-bond acceptors (Lipinski definition) is 9. The second-order valence-corrected chi connectivity index (χ2v) is 7.83. The lowest BCUT2D eigenvalue weighted by Gasteiger charge is -2.28. The Morgan fingerprint density at radius 1 is 1.14 bits per heavy atom. The van der Waals surface area contributed by atoms with Crippen LogP contribution in [0.4, 0.5) is 4.79 Å². The second-order valence-electron chi connectivity index (χ2n) is 7.83. The van der Waals surface area contributed by atoms with Gasteiger partial charge in [0, 0.05) is 13.3 Å². The lowest BCUT2D eigenvalue weighted by atomic mass is 10.1. The van der Waals surface area contributed by atoms with E-state index in [0.29, 0.717) is 13.2 Å². The van der Waals surface area contributed by atoms with Gasteiger partial charge in [0.25, 0.3) is 0 Å². The molecule has 1 amide bonds. The molecule has 10 nitrogen and oxygen atoms in total. The minimum atomic E-state index is -1.18. The van der Waals surface area contributed by atoms with Gasteiger partial charge in [-0.25, -0.2) is 10.2 Å². The van der Waals surface area contributed by atoms with Crippen molar-refractivity contribution in [1.29, 1.82) is 0 Å². The highest BCUT2D eigenvalue weighted by molar-refractivity contribution is 5.78. The first-order chi connectivity index (χ1) is 13.0. The Morgan fingerprint density at radius 3 is 2.25 bits per heavy atom. The normalized spacial score (nSPS) is 17.1. The first-order valence-electron chi connectivity index (χ1n) is 9.29. The van der Waals surface area contributed by atoms with Crippen molar-refractivity contribution in [2.75, 3.05) is 19.8 Å². The molecule has 28 heavy (non-hydrogen) atoms. The molecule has 1 rings (SSSR count). The molecule has 1 aliphatic heterocycles. The summed E-state index contributed by atoms with van der Waals surface area (Å²) >= 11 is 0. The summed E-state index contributed by atoms with van der Waals surface area (Å²) in [6.45, 7) is 11.1. The van der Waals surface area contributed by atoms with Crippen LogP contribution >= 0.6 is 0 Å². The van der Waals surface area contributed by atoms with Crippen molar-refractivity contribution >= 4 is 18.0 Å². The van der Waals surface area contributed by atoms with E-state index in [4.69, 9.17) is 23.7 Å². The van der Waals surface area contributed by atoms with Gasteiger partial charge in [0.1, 0.15) is 11.7 Å². The van der Waals surface area contributed by atoms with Crippen LogP contribution in [-0.4, -0.2) is 61.9 Å². The van der Waals surface area contributed by atoms with E-state index in [2.05, 4.69) is 10.9 Å². The summed E-state index contributed by atoms with van der Waals surface area (Å²) in [5.41, 5.74) is 4.14. The van der Waals surface area contributed by atoms with Crippen LogP contribution in [0.3, 0.4) is 0 Å². The summed E-state index contributed by atoms with van der Waals surface area (Å²) < 4.78 is 26.4. The fourth-order valence-electron chi connectivity index (χ4n) is 2.28. The van der Waals surface area contributed by atoms with E-state index in [9.17, 15) is 14.4 Å². The number of amides is 1. The zero-order chi connectivity index (χ0) is 21.3. The SMILES string of the molecule is CC(=O)O[C@@H](CC1OCCO1)[C@H](NNC(=O)OC(C)(C)C)C(=O)OCC(C)C. The summed E-state index contributed by atoms with van der Waals surface area (Å²) in [5, 5.41) is 0. The van der Waals surface area contributed by atoms with Crippen LogP contribution in [0, 0.1) is 5.92 Å². The molecule has 0 unspecified atom stereocenters. The molecule has 0 aromatic heterocycles. The smallest absolute Gasteiger partial charge is 0.422 e. The average Bonchev–Trinajstić information content (AvgIpc) is 3.03. The third-order valence-corrected chi connectivity index (χ3v) is 3.35. The number of hydrogen-bond donors (Lipinski definition) is 2. The van der Waals surface area contributed by atoms with Crippen LogP contribution in [0.2, 0.25) is 0 Å². The molecular weight excluding hydrogens is 372 g/mol. The maximum Gasteiger partial charge on any atom is 0.422 e. The van der Waals surface area contributed by atoms with Crippen molar-refractivity contribution in [3.63, 3.8) is 0 Å². The van der Waals surface area contributed by atoms with Gasteiger partial charge in [-0.2, -0.15) is 0 Å². The molecule has 0 aromatic carbocycles. The number of hydrazine groups is 1. The Morgan fingerprint density at radius 2 is 1.75 bits per heavy atom. The highest BCUT2D eigenvalue weighted by Crippen LogP contribution is 2.17. The number of nitrogens with one attached hydrogen (secondary N) is 2. The fourth-order valence-corrected chi connectivity index (χ4v) is 2.28. The van der Waals surface area contributed by atoms with Crippen molar-refractivity contribution < 1.29 is 38.1 Å². The minimum Gasteiger partial charge on any atom is -0.464 e. The Labute approximate surface area is 165 Å². The Kier molecular flexibility index (Phi) is 9.63. The van der Waals surface area contributed by atoms with Gasteiger partial charge < -0.3 is 23.7 Å². The number of rotatable bonds is 9. The molecule has 1 saturated heterocycles. The van der Waals surface area contributed by atoms with Gasteiger partial charge in [-0.05, 0) is 26.7 Å². The number of ether oxygens (including phenoxy) is 5. The number of carbonyl (C=O) groups is 3. The van der Waals surface area contributed by atoms with Gasteiger partial charge in [0.15, 0.2) is 12.3 Å². The maximum atomic E-state index is 12.6. The van der Waals surface area contributed by atoms with Gasteiger partial charge in [-0.1, -0.05) is 13.8 Å². The molecule has 0 aliphatic carbocycles. The third kappa shape index (κ3) is 9.86. The largest absolute Gasteiger partial charge is 0.464 e. The summed E-state index contributed by atoms with van der Waals surface area (Å²) in [7, 11) is 0. The Balaban J connectivity index is 2.87. The topological polar surface area (TPSA) is 121 Å². The van der Waals surface area contributed by atoms with Crippen molar-refractivity contribution in [2.24, 2.45) is 5.92 Å². The molecule has 0 saturated carbocycles. The first-order valence-corrected chi connectivity index (χ1v) is 9.29. The van der Waals surface area contributed by atoms with E-state index in [0.717, 1.165) is 0 Å².